The number of nitrogens with two attached hydrogens (primary N) is 1. The second kappa shape index (κ2) is 6.21. The number of hydroxylamine groups is 2. The molecule has 2 aliphatic heterocycles. The van der Waals surface area contributed by atoms with E-state index in [1.54, 1.807) is 0 Å². The average Bonchev–Trinajstić information content (AvgIpc) is 3.11. The van der Waals surface area contributed by atoms with Gasteiger partial charge in [-0.2, -0.15) is 5.06 Å². The maximum Gasteiger partial charge on any atom is 0.261 e. The van der Waals surface area contributed by atoms with Crippen molar-refractivity contribution in [2.45, 2.75) is 58.7 Å². The van der Waals surface area contributed by atoms with Crippen LogP contribution in [-0.2, 0) is 19.2 Å². The van der Waals surface area contributed by atoms with E-state index in [4.69, 9.17) is 15.0 Å². The van der Waals surface area contributed by atoms with Gasteiger partial charge in [-0.1, -0.05) is 0 Å². The number of likely N-dealkylation sites (tertiary alicyclic amines) is 1. The Morgan fingerprint density at radius 1 is 1.23 bits per heavy atom. The summed E-state index contributed by atoms with van der Waals surface area (Å²) in [6.45, 7) is 9.36. The molecule has 2 fully saturated rings. The molecule has 142 valence electrons. The van der Waals surface area contributed by atoms with Crippen LogP contribution in [0.2, 0.25) is 0 Å². The van der Waals surface area contributed by atoms with Crippen molar-refractivity contribution >= 4 is 17.7 Å². The predicted molar refractivity (Wildman–Crippen MR) is 91.4 cm³/mol. The first kappa shape index (κ1) is 18.6. The minimum Gasteiger partial charge on any atom is -0.464 e. The van der Waals surface area contributed by atoms with Crippen molar-refractivity contribution in [3.05, 3.63) is 23.2 Å². The lowest BCUT2D eigenvalue weighted by atomic mass is 9.94. The van der Waals surface area contributed by atoms with Crippen LogP contribution in [0.4, 0.5) is 0 Å². The molecule has 0 bridgehead atoms. The van der Waals surface area contributed by atoms with Crippen molar-refractivity contribution in [3.8, 4) is 0 Å². The molecule has 0 saturated carbocycles. The summed E-state index contributed by atoms with van der Waals surface area (Å²) in [4.78, 5) is 44.1. The Bertz CT molecular complexity index is 744. The molecule has 0 radical (unpaired) electrons. The lowest BCUT2D eigenvalue weighted by Gasteiger charge is -2.32. The van der Waals surface area contributed by atoms with Crippen LogP contribution in [0, 0.1) is 19.8 Å². The lowest BCUT2D eigenvalue weighted by molar-refractivity contribution is -0.184. The molecule has 2 aliphatic rings. The highest BCUT2D eigenvalue weighted by molar-refractivity contribution is 6.08. The third kappa shape index (κ3) is 2.93. The molecule has 3 atom stereocenters. The van der Waals surface area contributed by atoms with Gasteiger partial charge >= 0.3 is 0 Å². The van der Waals surface area contributed by atoms with Crippen LogP contribution >= 0.6 is 0 Å². The molecule has 0 aromatic carbocycles. The SMILES string of the molecule is Cc1cc(C2C3C(=O)N(C(C)(C)C)C(=O)C3ON2CCC(N)=O)oc1C. The minimum atomic E-state index is -0.912. The Morgan fingerprint density at radius 2 is 1.88 bits per heavy atom. The van der Waals surface area contributed by atoms with Crippen molar-refractivity contribution in [2.75, 3.05) is 6.54 Å². The van der Waals surface area contributed by atoms with E-state index in [1.165, 1.54) is 9.96 Å². The van der Waals surface area contributed by atoms with E-state index in [2.05, 4.69) is 0 Å². The summed E-state index contributed by atoms with van der Waals surface area (Å²) in [5.74, 6) is -0.550. The summed E-state index contributed by atoms with van der Waals surface area (Å²) in [6, 6.07) is 1.27. The van der Waals surface area contributed by atoms with Crippen LogP contribution in [0.1, 0.15) is 50.3 Å². The minimum absolute atomic E-state index is 0.0555. The Morgan fingerprint density at radius 3 is 2.38 bits per heavy atom. The molecule has 2 saturated heterocycles. The molecule has 3 rings (SSSR count). The van der Waals surface area contributed by atoms with Crippen LogP contribution in [0.5, 0.6) is 0 Å². The molecule has 26 heavy (non-hydrogen) atoms. The van der Waals surface area contributed by atoms with E-state index in [1.807, 2.05) is 40.7 Å². The third-order valence-corrected chi connectivity index (χ3v) is 4.92. The Kier molecular flexibility index (Phi) is 4.44. The number of imide groups is 1. The fourth-order valence-electron chi connectivity index (χ4n) is 3.61. The Balaban J connectivity index is 1.99. The average molecular weight is 363 g/mol. The van der Waals surface area contributed by atoms with Gasteiger partial charge in [0.25, 0.3) is 5.91 Å². The molecule has 8 nitrogen and oxygen atoms in total. The summed E-state index contributed by atoms with van der Waals surface area (Å²) < 4.78 is 5.83. The topological polar surface area (TPSA) is 106 Å². The molecule has 3 amide bonds. The van der Waals surface area contributed by atoms with Crippen LogP contribution in [0.15, 0.2) is 10.5 Å². The van der Waals surface area contributed by atoms with Gasteiger partial charge in [0.15, 0.2) is 6.10 Å². The molecular formula is C18H25N3O5. The molecule has 0 spiro atoms. The molecule has 0 aliphatic carbocycles. The van der Waals surface area contributed by atoms with E-state index in [0.29, 0.717) is 5.76 Å². The van der Waals surface area contributed by atoms with E-state index in [0.717, 1.165) is 11.3 Å². The van der Waals surface area contributed by atoms with Gasteiger partial charge in [-0.15, -0.1) is 0 Å². The highest BCUT2D eigenvalue weighted by Crippen LogP contribution is 2.46. The molecule has 2 N–H and O–H groups in total. The second-order valence-corrected chi connectivity index (χ2v) is 7.92. The quantitative estimate of drug-likeness (QED) is 0.806. The zero-order chi connectivity index (χ0) is 19.4. The number of carbonyl (C=O) groups is 3. The number of hydrogen-bond donors (Lipinski definition) is 1. The van der Waals surface area contributed by atoms with Crippen molar-refractivity contribution < 1.29 is 23.6 Å². The Hall–Kier alpha value is -2.19. The standard InChI is InChI=1S/C18H25N3O5/c1-9-8-11(25-10(9)2)14-13-15(26-20(14)7-6-12(19)22)17(24)21(16(13)23)18(3,4)5/h8,13-15H,6-7H2,1-5H3,(H2,19,22). The highest BCUT2D eigenvalue weighted by Gasteiger charge is 2.62. The van der Waals surface area contributed by atoms with Crippen LogP contribution in [0.3, 0.4) is 0 Å². The molecule has 1 aromatic rings. The fourth-order valence-corrected chi connectivity index (χ4v) is 3.61. The largest absolute Gasteiger partial charge is 0.464 e. The van der Waals surface area contributed by atoms with Gasteiger partial charge < -0.3 is 10.2 Å². The molecule has 1 aromatic heterocycles. The Labute approximate surface area is 152 Å². The lowest BCUT2D eigenvalue weighted by Crippen LogP contribution is -2.48. The molecule has 3 unspecified atom stereocenters. The molecular weight excluding hydrogens is 338 g/mol. The van der Waals surface area contributed by atoms with Crippen molar-refractivity contribution in [1.29, 1.82) is 0 Å². The summed E-state index contributed by atoms with van der Waals surface area (Å²) in [5, 5.41) is 1.49. The number of carbonyl (C=O) groups excluding carboxylic acids is 3. The number of fused-ring (bicyclic) bond motifs is 1. The monoisotopic (exact) mass is 363 g/mol. The zero-order valence-electron chi connectivity index (χ0n) is 15.7. The maximum atomic E-state index is 13.1. The summed E-state index contributed by atoms with van der Waals surface area (Å²) in [6.07, 6.45) is -0.856. The number of primary amides is 1. The zero-order valence-corrected chi connectivity index (χ0v) is 15.7. The van der Waals surface area contributed by atoms with Crippen molar-refractivity contribution in [2.24, 2.45) is 11.7 Å². The van der Waals surface area contributed by atoms with Gasteiger partial charge in [0.1, 0.15) is 23.5 Å². The number of amides is 3. The van der Waals surface area contributed by atoms with E-state index < -0.39 is 29.5 Å². The predicted octanol–water partition coefficient (Wildman–Crippen LogP) is 1.21. The van der Waals surface area contributed by atoms with E-state index >= 15 is 0 Å². The first-order valence-corrected chi connectivity index (χ1v) is 8.69. The van der Waals surface area contributed by atoms with Crippen LogP contribution in [-0.4, -0.2) is 45.9 Å². The first-order chi connectivity index (χ1) is 12.0. The number of hydrogen-bond acceptors (Lipinski definition) is 6. The van der Waals surface area contributed by atoms with Gasteiger partial charge in [0.05, 0.1) is 0 Å². The van der Waals surface area contributed by atoms with Gasteiger partial charge in [-0.05, 0) is 46.2 Å². The highest BCUT2D eigenvalue weighted by atomic mass is 16.7. The fraction of sp³-hybridized carbons (Fsp3) is 0.611. The number of rotatable bonds is 4. The van der Waals surface area contributed by atoms with E-state index in [9.17, 15) is 14.4 Å². The van der Waals surface area contributed by atoms with Gasteiger partial charge in [-0.25, -0.2) is 0 Å². The third-order valence-electron chi connectivity index (χ3n) is 4.92. The van der Waals surface area contributed by atoms with Crippen LogP contribution in [0.25, 0.3) is 0 Å². The van der Waals surface area contributed by atoms with Gasteiger partial charge in [-0.3, -0.25) is 24.1 Å². The first-order valence-electron chi connectivity index (χ1n) is 8.69. The number of furan rings is 1. The van der Waals surface area contributed by atoms with Crippen molar-refractivity contribution in [3.63, 3.8) is 0 Å². The smallest absolute Gasteiger partial charge is 0.261 e. The number of nitrogens with zero attached hydrogens (tertiary/aromatic N) is 2. The van der Waals surface area contributed by atoms with Crippen LogP contribution < -0.4 is 5.73 Å². The molecule has 3 heterocycles. The summed E-state index contributed by atoms with van der Waals surface area (Å²) >= 11 is 0. The van der Waals surface area contributed by atoms with Gasteiger partial charge in [0.2, 0.25) is 11.8 Å². The van der Waals surface area contributed by atoms with Crippen molar-refractivity contribution in [1.82, 2.24) is 9.96 Å². The normalized spacial score (nSPS) is 26.7. The van der Waals surface area contributed by atoms with Gasteiger partial charge in [0, 0.05) is 18.5 Å². The second-order valence-electron chi connectivity index (χ2n) is 7.92. The maximum absolute atomic E-state index is 13.1. The number of aryl methyl sites for hydroxylation is 2. The summed E-state index contributed by atoms with van der Waals surface area (Å²) in [5.41, 5.74) is 5.55. The summed E-state index contributed by atoms with van der Waals surface area (Å²) in [7, 11) is 0. The molecule has 8 heteroatoms. The van der Waals surface area contributed by atoms with E-state index in [-0.39, 0.29) is 24.8 Å².